The van der Waals surface area contributed by atoms with Gasteiger partial charge in [-0.25, -0.2) is 8.42 Å². The molecular weight excluding hydrogens is 348 g/mol. The number of nitrogens with one attached hydrogen (secondary N) is 1. The highest BCUT2D eigenvalue weighted by Crippen LogP contribution is 2.17. The highest BCUT2D eigenvalue weighted by atomic mass is 32.2. The van der Waals surface area contributed by atoms with Gasteiger partial charge in [0, 0.05) is 19.2 Å². The Kier molecular flexibility index (Phi) is 6.18. The van der Waals surface area contributed by atoms with Gasteiger partial charge in [-0.2, -0.15) is 4.31 Å². The number of aromatic nitrogens is 2. The van der Waals surface area contributed by atoms with Crippen molar-refractivity contribution in [2.24, 2.45) is 0 Å². The van der Waals surface area contributed by atoms with Crippen LogP contribution in [0.1, 0.15) is 19.4 Å². The van der Waals surface area contributed by atoms with Gasteiger partial charge in [-0.15, -0.1) is 10.2 Å². The van der Waals surface area contributed by atoms with Crippen LogP contribution in [0.2, 0.25) is 0 Å². The van der Waals surface area contributed by atoms with Gasteiger partial charge in [0.05, 0.1) is 4.90 Å². The zero-order valence-corrected chi connectivity index (χ0v) is 15.0. The van der Waals surface area contributed by atoms with Crippen LogP contribution in [0.5, 0.6) is 0 Å². The van der Waals surface area contributed by atoms with E-state index in [1.54, 1.807) is 32.1 Å². The van der Waals surface area contributed by atoms with Crippen LogP contribution in [0.3, 0.4) is 0 Å². The second-order valence-corrected chi connectivity index (χ2v) is 7.50. The van der Waals surface area contributed by atoms with Crippen LogP contribution in [0, 0.1) is 0 Å². The molecular formula is C15H18N4O3S2. The molecule has 128 valence electrons. The van der Waals surface area contributed by atoms with Crippen LogP contribution in [-0.4, -0.2) is 41.9 Å². The van der Waals surface area contributed by atoms with E-state index in [0.29, 0.717) is 18.2 Å². The van der Waals surface area contributed by atoms with Gasteiger partial charge in [0.25, 0.3) is 0 Å². The van der Waals surface area contributed by atoms with Crippen LogP contribution in [0.4, 0.5) is 5.13 Å². The minimum atomic E-state index is -3.47. The van der Waals surface area contributed by atoms with Gasteiger partial charge >= 0.3 is 0 Å². The van der Waals surface area contributed by atoms with Crippen LogP contribution in [0.15, 0.2) is 40.7 Å². The number of hydrogen-bond donors (Lipinski definition) is 1. The van der Waals surface area contributed by atoms with Crippen LogP contribution in [0.25, 0.3) is 6.08 Å². The average molecular weight is 366 g/mol. The number of amides is 1. The summed E-state index contributed by atoms with van der Waals surface area (Å²) in [5.41, 5.74) is 2.25. The van der Waals surface area contributed by atoms with Gasteiger partial charge in [0.1, 0.15) is 5.51 Å². The quantitative estimate of drug-likeness (QED) is 0.759. The van der Waals surface area contributed by atoms with Gasteiger partial charge in [-0.3, -0.25) is 10.1 Å². The fourth-order valence-electron chi connectivity index (χ4n) is 2.01. The van der Waals surface area contributed by atoms with E-state index in [9.17, 15) is 13.2 Å². The molecule has 1 aromatic heterocycles. The Balaban J connectivity index is 2.06. The summed E-state index contributed by atoms with van der Waals surface area (Å²) in [4.78, 5) is 12.0. The van der Waals surface area contributed by atoms with Crippen LogP contribution < -0.4 is 5.32 Å². The van der Waals surface area contributed by atoms with Crippen molar-refractivity contribution in [2.75, 3.05) is 18.4 Å². The van der Waals surface area contributed by atoms with Crippen molar-refractivity contribution in [1.82, 2.24) is 14.5 Å². The van der Waals surface area contributed by atoms with Crippen molar-refractivity contribution in [3.05, 3.63) is 41.4 Å². The second-order valence-electron chi connectivity index (χ2n) is 4.72. The Morgan fingerprint density at radius 1 is 1.25 bits per heavy atom. The van der Waals surface area contributed by atoms with Crippen molar-refractivity contribution in [3.63, 3.8) is 0 Å². The highest BCUT2D eigenvalue weighted by molar-refractivity contribution is 7.89. The second kappa shape index (κ2) is 8.13. The van der Waals surface area contributed by atoms with Crippen LogP contribution in [-0.2, 0) is 14.8 Å². The van der Waals surface area contributed by atoms with E-state index in [0.717, 1.165) is 5.56 Å². The maximum atomic E-state index is 12.4. The molecule has 0 saturated carbocycles. The molecule has 0 aliphatic rings. The Bertz CT molecular complexity index is 796. The molecule has 0 unspecified atom stereocenters. The number of nitrogens with zero attached hydrogens (tertiary/aromatic N) is 3. The molecule has 2 rings (SSSR count). The predicted molar refractivity (Wildman–Crippen MR) is 94.1 cm³/mol. The number of carbonyl (C=O) groups is 1. The molecule has 2 aromatic rings. The van der Waals surface area contributed by atoms with Gasteiger partial charge in [-0.1, -0.05) is 37.3 Å². The summed E-state index contributed by atoms with van der Waals surface area (Å²) in [5.74, 6) is -0.327. The molecule has 0 aliphatic carbocycles. The lowest BCUT2D eigenvalue weighted by Gasteiger charge is -2.18. The fraction of sp³-hybridized carbons (Fsp3) is 0.267. The molecule has 0 saturated heterocycles. The first-order valence-electron chi connectivity index (χ1n) is 7.32. The monoisotopic (exact) mass is 366 g/mol. The first kappa shape index (κ1) is 18.2. The highest BCUT2D eigenvalue weighted by Gasteiger charge is 2.20. The Morgan fingerprint density at radius 2 is 1.92 bits per heavy atom. The van der Waals surface area contributed by atoms with E-state index in [1.165, 1.54) is 39.4 Å². The topological polar surface area (TPSA) is 92.3 Å². The van der Waals surface area contributed by atoms with Crippen molar-refractivity contribution in [1.29, 1.82) is 0 Å². The first-order chi connectivity index (χ1) is 11.5. The third-order valence-electron chi connectivity index (χ3n) is 3.24. The van der Waals surface area contributed by atoms with E-state index in [2.05, 4.69) is 15.5 Å². The zero-order valence-electron chi connectivity index (χ0n) is 13.3. The van der Waals surface area contributed by atoms with Crippen molar-refractivity contribution in [3.8, 4) is 0 Å². The summed E-state index contributed by atoms with van der Waals surface area (Å²) in [6.07, 6.45) is 2.96. The lowest BCUT2D eigenvalue weighted by Crippen LogP contribution is -2.30. The normalized spacial score (nSPS) is 12.0. The fourth-order valence-corrected chi connectivity index (χ4v) is 3.92. The van der Waals surface area contributed by atoms with E-state index in [4.69, 9.17) is 0 Å². The molecule has 0 radical (unpaired) electrons. The molecule has 0 fully saturated rings. The van der Waals surface area contributed by atoms with E-state index < -0.39 is 10.0 Å². The minimum absolute atomic E-state index is 0.238. The molecule has 1 aromatic carbocycles. The molecule has 1 N–H and O–H groups in total. The minimum Gasteiger partial charge on any atom is -0.297 e. The maximum Gasteiger partial charge on any atom is 0.250 e. The number of rotatable bonds is 7. The van der Waals surface area contributed by atoms with Gasteiger partial charge < -0.3 is 0 Å². The smallest absolute Gasteiger partial charge is 0.250 e. The lowest BCUT2D eigenvalue weighted by molar-refractivity contribution is -0.111. The lowest BCUT2D eigenvalue weighted by atomic mass is 10.2. The summed E-state index contributed by atoms with van der Waals surface area (Å²) < 4.78 is 26.2. The molecule has 0 bridgehead atoms. The Hall–Kier alpha value is -2.10. The van der Waals surface area contributed by atoms with E-state index >= 15 is 0 Å². The summed E-state index contributed by atoms with van der Waals surface area (Å²) in [6, 6.07) is 6.39. The molecule has 9 heteroatoms. The molecule has 0 spiro atoms. The molecule has 7 nitrogen and oxygen atoms in total. The molecule has 1 heterocycles. The van der Waals surface area contributed by atoms with Gasteiger partial charge in [0.15, 0.2) is 0 Å². The number of anilines is 1. The average Bonchev–Trinajstić information content (AvgIpc) is 3.07. The number of hydrogen-bond acceptors (Lipinski definition) is 6. The summed E-state index contributed by atoms with van der Waals surface area (Å²) >= 11 is 1.23. The third kappa shape index (κ3) is 4.47. The third-order valence-corrected chi connectivity index (χ3v) is 5.91. The van der Waals surface area contributed by atoms with Gasteiger partial charge in [0.2, 0.25) is 21.1 Å². The van der Waals surface area contributed by atoms with Gasteiger partial charge in [-0.05, 0) is 23.8 Å². The molecule has 24 heavy (non-hydrogen) atoms. The van der Waals surface area contributed by atoms with Crippen molar-refractivity contribution in [2.45, 2.75) is 18.7 Å². The standard InChI is InChI=1S/C15H18N4O3S2/c1-3-19(4-2)24(21,22)13-8-5-12(6-9-13)7-10-14(20)17-15-18-16-11-23-15/h5-11H,3-4H2,1-2H3,(H,17,18,20)/b10-7+. The predicted octanol–water partition coefficient (Wildman–Crippen LogP) is 2.22. The van der Waals surface area contributed by atoms with E-state index in [-0.39, 0.29) is 10.8 Å². The molecule has 1 amide bonds. The first-order valence-corrected chi connectivity index (χ1v) is 9.64. The maximum absolute atomic E-state index is 12.4. The molecule has 0 aliphatic heterocycles. The van der Waals surface area contributed by atoms with Crippen molar-refractivity contribution < 1.29 is 13.2 Å². The zero-order chi connectivity index (χ0) is 17.6. The summed E-state index contributed by atoms with van der Waals surface area (Å²) in [7, 11) is -3.47. The van der Waals surface area contributed by atoms with E-state index in [1.807, 2.05) is 0 Å². The molecule has 0 atom stereocenters. The van der Waals surface area contributed by atoms with Crippen LogP contribution >= 0.6 is 11.3 Å². The number of benzene rings is 1. The summed E-state index contributed by atoms with van der Waals surface area (Å²) in [6.45, 7) is 4.45. The SMILES string of the molecule is CCN(CC)S(=O)(=O)c1ccc(/C=C/C(=O)Nc2nncs2)cc1. The number of carbonyl (C=O) groups excluding carboxylic acids is 1. The largest absolute Gasteiger partial charge is 0.297 e. The summed E-state index contributed by atoms with van der Waals surface area (Å²) in [5, 5.41) is 10.3. The number of sulfonamides is 1. The Labute approximate surface area is 145 Å². The van der Waals surface area contributed by atoms with Crippen molar-refractivity contribution >= 4 is 38.5 Å². The Morgan fingerprint density at radius 3 is 2.46 bits per heavy atom.